The molecule has 0 aliphatic carbocycles. The van der Waals surface area contributed by atoms with Gasteiger partial charge >= 0.3 is 5.97 Å². The fourth-order valence-electron chi connectivity index (χ4n) is 2.38. The molecule has 3 unspecified atom stereocenters. The van der Waals surface area contributed by atoms with Crippen LogP contribution in [0.2, 0.25) is 0 Å². The summed E-state index contributed by atoms with van der Waals surface area (Å²) in [7, 11) is 1.35. The maximum absolute atomic E-state index is 12.1. The fourth-order valence-corrected chi connectivity index (χ4v) is 2.38. The highest BCUT2D eigenvalue weighted by molar-refractivity contribution is 5.84. The van der Waals surface area contributed by atoms with Gasteiger partial charge in [0.15, 0.2) is 0 Å². The molecule has 124 valence electrons. The number of esters is 1. The highest BCUT2D eigenvalue weighted by Crippen LogP contribution is 2.20. The quantitative estimate of drug-likeness (QED) is 0.605. The molecule has 0 bridgehead atoms. The maximum atomic E-state index is 12.1. The highest BCUT2D eigenvalue weighted by atomic mass is 16.5. The Morgan fingerprint density at radius 2 is 1.81 bits per heavy atom. The molecule has 0 aromatic carbocycles. The molecule has 0 rings (SSSR count). The van der Waals surface area contributed by atoms with Gasteiger partial charge in [0.05, 0.1) is 7.11 Å². The lowest BCUT2D eigenvalue weighted by atomic mass is 9.88. The first-order valence-electron chi connectivity index (χ1n) is 7.94. The van der Waals surface area contributed by atoms with Gasteiger partial charge in [-0.25, -0.2) is 4.79 Å². The van der Waals surface area contributed by atoms with Crippen LogP contribution in [0.5, 0.6) is 0 Å². The molecular formula is C16H32N2O3. The minimum absolute atomic E-state index is 0.0614. The lowest BCUT2D eigenvalue weighted by Gasteiger charge is -2.23. The lowest BCUT2D eigenvalue weighted by molar-refractivity contribution is -0.146. The number of nitrogens with two attached hydrogens (primary N) is 1. The Morgan fingerprint density at radius 3 is 2.24 bits per heavy atom. The largest absolute Gasteiger partial charge is 0.467 e. The first-order valence-corrected chi connectivity index (χ1v) is 7.94. The van der Waals surface area contributed by atoms with E-state index in [2.05, 4.69) is 19.2 Å². The summed E-state index contributed by atoms with van der Waals surface area (Å²) < 4.78 is 4.77. The van der Waals surface area contributed by atoms with Crippen LogP contribution in [0.3, 0.4) is 0 Å². The number of rotatable bonds is 10. The van der Waals surface area contributed by atoms with Crippen molar-refractivity contribution in [2.24, 2.45) is 23.5 Å². The van der Waals surface area contributed by atoms with E-state index in [9.17, 15) is 9.59 Å². The summed E-state index contributed by atoms with van der Waals surface area (Å²) in [5, 5.41) is 2.81. The molecule has 3 N–H and O–H groups in total. The fraction of sp³-hybridized carbons (Fsp3) is 0.875. The average molecular weight is 300 g/mol. The normalized spacial score (nSPS) is 15.4. The van der Waals surface area contributed by atoms with E-state index in [1.54, 1.807) is 0 Å². The van der Waals surface area contributed by atoms with Gasteiger partial charge in [-0.3, -0.25) is 4.79 Å². The molecule has 1 amide bonds. The zero-order valence-electron chi connectivity index (χ0n) is 14.1. The summed E-state index contributed by atoms with van der Waals surface area (Å²) in [5.41, 5.74) is 5.61. The Labute approximate surface area is 129 Å². The summed E-state index contributed by atoms with van der Waals surface area (Å²) in [5.74, 6) is 0.549. The van der Waals surface area contributed by atoms with Crippen molar-refractivity contribution >= 4 is 11.9 Å². The SMILES string of the molecule is CCC(C)C(NC(=O)CCC(CCN)C(C)C)C(=O)OC. The second-order valence-corrected chi connectivity index (χ2v) is 6.07. The molecule has 5 nitrogen and oxygen atoms in total. The average Bonchev–Trinajstić information content (AvgIpc) is 2.46. The molecule has 0 aromatic heterocycles. The Kier molecular flexibility index (Phi) is 10.0. The van der Waals surface area contributed by atoms with Crippen LogP contribution in [0.1, 0.15) is 53.4 Å². The van der Waals surface area contributed by atoms with Crippen molar-refractivity contribution in [1.29, 1.82) is 0 Å². The molecule has 0 aliphatic heterocycles. The molecule has 0 radical (unpaired) electrons. The Hall–Kier alpha value is -1.10. The van der Waals surface area contributed by atoms with Gasteiger partial charge in [-0.1, -0.05) is 34.1 Å². The third-order valence-corrected chi connectivity index (χ3v) is 4.21. The van der Waals surface area contributed by atoms with Gasteiger partial charge in [-0.2, -0.15) is 0 Å². The molecular weight excluding hydrogens is 268 g/mol. The molecule has 3 atom stereocenters. The lowest BCUT2D eigenvalue weighted by Crippen LogP contribution is -2.45. The molecule has 0 saturated carbocycles. The number of nitrogens with one attached hydrogen (secondary N) is 1. The van der Waals surface area contributed by atoms with Crippen molar-refractivity contribution in [3.8, 4) is 0 Å². The molecule has 0 heterocycles. The zero-order chi connectivity index (χ0) is 16.4. The summed E-state index contributed by atoms with van der Waals surface area (Å²) in [6.45, 7) is 8.86. The van der Waals surface area contributed by atoms with Crippen molar-refractivity contribution in [2.45, 2.75) is 59.4 Å². The second-order valence-electron chi connectivity index (χ2n) is 6.07. The van der Waals surface area contributed by atoms with Gasteiger partial charge < -0.3 is 15.8 Å². The van der Waals surface area contributed by atoms with Gasteiger partial charge in [0.25, 0.3) is 0 Å². The number of amides is 1. The Morgan fingerprint density at radius 1 is 1.19 bits per heavy atom. The molecule has 0 fully saturated rings. The minimum atomic E-state index is -0.556. The van der Waals surface area contributed by atoms with E-state index in [4.69, 9.17) is 10.5 Å². The third-order valence-electron chi connectivity index (χ3n) is 4.21. The number of carbonyl (C=O) groups excluding carboxylic acids is 2. The van der Waals surface area contributed by atoms with E-state index >= 15 is 0 Å². The minimum Gasteiger partial charge on any atom is -0.467 e. The monoisotopic (exact) mass is 300 g/mol. The van der Waals surface area contributed by atoms with Crippen molar-refractivity contribution in [3.05, 3.63) is 0 Å². The van der Waals surface area contributed by atoms with Crippen LogP contribution in [0.25, 0.3) is 0 Å². The highest BCUT2D eigenvalue weighted by Gasteiger charge is 2.26. The Bertz CT molecular complexity index is 319. The molecule has 5 heteroatoms. The van der Waals surface area contributed by atoms with Crippen LogP contribution in [0.4, 0.5) is 0 Å². The summed E-state index contributed by atoms with van der Waals surface area (Å²) in [4.78, 5) is 23.8. The van der Waals surface area contributed by atoms with Gasteiger partial charge in [0.2, 0.25) is 5.91 Å². The van der Waals surface area contributed by atoms with Crippen LogP contribution < -0.4 is 11.1 Å². The van der Waals surface area contributed by atoms with E-state index in [1.807, 2.05) is 13.8 Å². The van der Waals surface area contributed by atoms with Crippen LogP contribution in [0.15, 0.2) is 0 Å². The van der Waals surface area contributed by atoms with E-state index in [0.29, 0.717) is 24.8 Å². The van der Waals surface area contributed by atoms with Gasteiger partial charge in [0.1, 0.15) is 6.04 Å². The number of hydrogen-bond acceptors (Lipinski definition) is 4. The summed E-state index contributed by atoms with van der Waals surface area (Å²) in [6, 6.07) is -0.556. The van der Waals surface area contributed by atoms with Gasteiger partial charge in [-0.05, 0) is 37.1 Å². The molecule has 0 aromatic rings. The number of carbonyl (C=O) groups is 2. The van der Waals surface area contributed by atoms with Crippen LogP contribution in [0, 0.1) is 17.8 Å². The Balaban J connectivity index is 4.46. The van der Waals surface area contributed by atoms with Crippen molar-refractivity contribution in [3.63, 3.8) is 0 Å². The number of methoxy groups -OCH3 is 1. The first-order chi connectivity index (χ1) is 9.87. The predicted molar refractivity (Wildman–Crippen MR) is 84.6 cm³/mol. The second kappa shape index (κ2) is 10.6. The molecule has 0 spiro atoms. The van der Waals surface area contributed by atoms with Gasteiger partial charge in [0, 0.05) is 6.42 Å². The van der Waals surface area contributed by atoms with Crippen molar-refractivity contribution in [2.75, 3.05) is 13.7 Å². The van der Waals surface area contributed by atoms with Crippen molar-refractivity contribution in [1.82, 2.24) is 5.32 Å². The summed E-state index contributed by atoms with van der Waals surface area (Å²) >= 11 is 0. The standard InChI is InChI=1S/C16H32N2O3/c1-6-12(4)15(16(20)21-5)18-14(19)8-7-13(9-10-17)11(2)3/h11-13,15H,6-10,17H2,1-5H3,(H,18,19). The van der Waals surface area contributed by atoms with E-state index < -0.39 is 6.04 Å². The zero-order valence-corrected chi connectivity index (χ0v) is 14.1. The van der Waals surface area contributed by atoms with Crippen LogP contribution in [-0.2, 0) is 14.3 Å². The number of ether oxygens (including phenoxy) is 1. The van der Waals surface area contributed by atoms with E-state index in [1.165, 1.54) is 7.11 Å². The first kappa shape index (κ1) is 19.9. The van der Waals surface area contributed by atoms with E-state index in [0.717, 1.165) is 19.3 Å². The smallest absolute Gasteiger partial charge is 0.328 e. The topological polar surface area (TPSA) is 81.4 Å². The van der Waals surface area contributed by atoms with Gasteiger partial charge in [-0.15, -0.1) is 0 Å². The number of hydrogen-bond donors (Lipinski definition) is 2. The van der Waals surface area contributed by atoms with Crippen LogP contribution >= 0.6 is 0 Å². The predicted octanol–water partition coefficient (Wildman–Crippen LogP) is 2.09. The third kappa shape index (κ3) is 7.46. The van der Waals surface area contributed by atoms with Crippen molar-refractivity contribution < 1.29 is 14.3 Å². The van der Waals surface area contributed by atoms with Crippen LogP contribution in [-0.4, -0.2) is 31.6 Å². The molecule has 0 aliphatic rings. The molecule has 0 saturated heterocycles. The maximum Gasteiger partial charge on any atom is 0.328 e. The van der Waals surface area contributed by atoms with E-state index in [-0.39, 0.29) is 17.8 Å². The molecule has 21 heavy (non-hydrogen) atoms. The summed E-state index contributed by atoms with van der Waals surface area (Å²) in [6.07, 6.45) is 2.96.